The number of carbonyl (C=O) groups is 2. The number of hydrogen-bond donors (Lipinski definition) is 3. The maximum Gasteiger partial charge on any atom is 0.431 e. The maximum atomic E-state index is 14.1. The predicted octanol–water partition coefficient (Wildman–Crippen LogP) is 4.07. The molecule has 0 spiro atoms. The zero-order valence-electron chi connectivity index (χ0n) is 24.6. The molecule has 0 aromatic heterocycles. The summed E-state index contributed by atoms with van der Waals surface area (Å²) in [7, 11) is 0.888. The van der Waals surface area contributed by atoms with Crippen molar-refractivity contribution in [3.63, 3.8) is 0 Å². The van der Waals surface area contributed by atoms with Crippen molar-refractivity contribution in [2.45, 2.75) is 51.4 Å². The molecule has 1 heterocycles. The highest BCUT2D eigenvalue weighted by Crippen LogP contribution is 2.44. The zero-order valence-corrected chi connectivity index (χ0v) is 24.6. The molecule has 2 atom stereocenters. The van der Waals surface area contributed by atoms with Gasteiger partial charge in [0.05, 0.1) is 35.7 Å². The topological polar surface area (TPSA) is 149 Å². The number of non-ortho nitro benzene ring substituents is 1. The molecule has 0 saturated heterocycles. The van der Waals surface area contributed by atoms with E-state index in [2.05, 4.69) is 15.4 Å². The highest BCUT2D eigenvalue weighted by molar-refractivity contribution is 6.00. The molecule has 3 rings (SSSR count). The molecular formula is C30H34F3N3O8. The molecule has 0 amide bonds. The largest absolute Gasteiger partial charge is 0.491 e. The summed E-state index contributed by atoms with van der Waals surface area (Å²) in [5.41, 5.74) is -2.73. The first kappa shape index (κ1) is 34.1. The van der Waals surface area contributed by atoms with Crippen LogP contribution in [0.5, 0.6) is 5.75 Å². The van der Waals surface area contributed by atoms with Crippen LogP contribution in [0, 0.1) is 10.1 Å². The number of ether oxygens (including phenoxy) is 3. The molecule has 1 aliphatic rings. The van der Waals surface area contributed by atoms with Gasteiger partial charge in [0.25, 0.3) is 5.69 Å². The van der Waals surface area contributed by atoms with Crippen molar-refractivity contribution in [2.75, 3.05) is 26.9 Å². The van der Waals surface area contributed by atoms with E-state index >= 15 is 0 Å². The Morgan fingerprint density at radius 1 is 1.11 bits per heavy atom. The number of alkyl halides is 3. The number of aliphatic hydroxyl groups is 1. The summed E-state index contributed by atoms with van der Waals surface area (Å²) in [6, 6.07) is 11.7. The van der Waals surface area contributed by atoms with E-state index in [-0.39, 0.29) is 42.5 Å². The smallest absolute Gasteiger partial charge is 0.431 e. The normalized spacial score (nSPS) is 16.0. The van der Waals surface area contributed by atoms with Gasteiger partial charge in [-0.25, -0.2) is 9.59 Å². The van der Waals surface area contributed by atoms with E-state index in [1.165, 1.54) is 19.1 Å². The van der Waals surface area contributed by atoms with Gasteiger partial charge in [-0.05, 0) is 30.2 Å². The van der Waals surface area contributed by atoms with Crippen LogP contribution in [0.4, 0.5) is 18.9 Å². The molecule has 44 heavy (non-hydrogen) atoms. The SMILES string of the molecule is COC(=O)C1=C(C(F)(F)F)NC(C)=C(C(=O)OCCc2ccc(OCC(O)CNC(C)C)cc2)C1c1cccc([N+](=O)[O-])c1. The van der Waals surface area contributed by atoms with Crippen molar-refractivity contribution in [1.29, 1.82) is 0 Å². The lowest BCUT2D eigenvalue weighted by molar-refractivity contribution is -0.384. The first-order valence-corrected chi connectivity index (χ1v) is 13.6. The highest BCUT2D eigenvalue weighted by Gasteiger charge is 2.47. The maximum absolute atomic E-state index is 14.1. The number of nitrogens with zero attached hydrogens (tertiary/aromatic N) is 1. The first-order valence-electron chi connectivity index (χ1n) is 13.6. The molecular weight excluding hydrogens is 587 g/mol. The number of allylic oxidation sites excluding steroid dienone is 2. The summed E-state index contributed by atoms with van der Waals surface area (Å²) >= 11 is 0. The van der Waals surface area contributed by atoms with Crippen LogP contribution < -0.4 is 15.4 Å². The Morgan fingerprint density at radius 3 is 2.39 bits per heavy atom. The second-order valence-corrected chi connectivity index (χ2v) is 10.3. The third kappa shape index (κ3) is 8.80. The Hall–Kier alpha value is -4.43. The number of rotatable bonds is 13. The van der Waals surface area contributed by atoms with Crippen LogP contribution in [-0.4, -0.2) is 67.2 Å². The van der Waals surface area contributed by atoms with Crippen LogP contribution in [0.3, 0.4) is 0 Å². The summed E-state index contributed by atoms with van der Waals surface area (Å²) in [4.78, 5) is 36.7. The minimum Gasteiger partial charge on any atom is -0.491 e. The Bertz CT molecular complexity index is 1420. The van der Waals surface area contributed by atoms with Gasteiger partial charge >= 0.3 is 18.1 Å². The first-order chi connectivity index (χ1) is 20.7. The molecule has 11 nitrogen and oxygen atoms in total. The molecule has 0 aliphatic carbocycles. The van der Waals surface area contributed by atoms with Crippen LogP contribution in [0.25, 0.3) is 0 Å². The van der Waals surface area contributed by atoms with E-state index in [0.717, 1.165) is 24.8 Å². The fraction of sp³-hybridized carbons (Fsp3) is 0.400. The summed E-state index contributed by atoms with van der Waals surface area (Å²) in [6.45, 7) is 5.44. The Balaban J connectivity index is 1.79. The summed E-state index contributed by atoms with van der Waals surface area (Å²) < 4.78 is 57.8. The molecule has 14 heteroatoms. The predicted molar refractivity (Wildman–Crippen MR) is 153 cm³/mol. The van der Waals surface area contributed by atoms with Crippen LogP contribution in [-0.2, 0) is 25.5 Å². The van der Waals surface area contributed by atoms with Gasteiger partial charge in [-0.15, -0.1) is 0 Å². The number of benzene rings is 2. The van der Waals surface area contributed by atoms with E-state index in [0.29, 0.717) is 12.3 Å². The second-order valence-electron chi connectivity index (χ2n) is 10.3. The van der Waals surface area contributed by atoms with Crippen LogP contribution in [0.15, 0.2) is 71.1 Å². The standard InChI is InChI=1S/C30H34F3N3O8/c1-17(2)34-15-22(37)16-44-23-10-8-19(9-11-23)12-13-43-29(39)24-18(3)35-27(30(31,32)33)26(28(38)42-4)25(24)20-6-5-7-21(14-20)36(40)41/h5-11,14,17,22,25,34-35,37H,12-13,15-16H2,1-4H3. The molecule has 2 unspecified atom stereocenters. The van der Waals surface area contributed by atoms with Crippen molar-refractivity contribution in [3.8, 4) is 5.75 Å². The highest BCUT2D eigenvalue weighted by atomic mass is 19.4. The molecule has 1 aliphatic heterocycles. The van der Waals surface area contributed by atoms with Gasteiger partial charge in [0.1, 0.15) is 24.2 Å². The summed E-state index contributed by atoms with van der Waals surface area (Å²) in [6.07, 6.45) is -5.50. The van der Waals surface area contributed by atoms with Gasteiger partial charge in [-0.1, -0.05) is 38.1 Å². The number of methoxy groups -OCH3 is 1. The number of nitro groups is 1. The van der Waals surface area contributed by atoms with Crippen molar-refractivity contribution in [2.24, 2.45) is 0 Å². The lowest BCUT2D eigenvalue weighted by Gasteiger charge is -2.31. The lowest BCUT2D eigenvalue weighted by atomic mass is 9.80. The molecule has 0 fully saturated rings. The molecule has 238 valence electrons. The molecule has 2 aromatic rings. The van der Waals surface area contributed by atoms with Gasteiger partial charge in [-0.3, -0.25) is 10.1 Å². The van der Waals surface area contributed by atoms with Crippen molar-refractivity contribution < 1.29 is 47.0 Å². The van der Waals surface area contributed by atoms with Crippen molar-refractivity contribution in [1.82, 2.24) is 10.6 Å². The van der Waals surface area contributed by atoms with E-state index in [9.17, 15) is 38.0 Å². The lowest BCUT2D eigenvalue weighted by Crippen LogP contribution is -2.38. The fourth-order valence-electron chi connectivity index (χ4n) is 4.52. The fourth-order valence-corrected chi connectivity index (χ4v) is 4.52. The van der Waals surface area contributed by atoms with E-state index in [1.807, 2.05) is 13.8 Å². The van der Waals surface area contributed by atoms with Gasteiger partial charge in [0, 0.05) is 36.8 Å². The molecule has 0 radical (unpaired) electrons. The third-order valence-electron chi connectivity index (χ3n) is 6.64. The number of hydrogen-bond acceptors (Lipinski definition) is 10. The van der Waals surface area contributed by atoms with E-state index in [1.54, 1.807) is 24.3 Å². The van der Waals surface area contributed by atoms with Gasteiger partial charge in [0.15, 0.2) is 0 Å². The number of nitrogens with one attached hydrogen (secondary N) is 2. The van der Waals surface area contributed by atoms with Crippen molar-refractivity contribution >= 4 is 17.6 Å². The second kappa shape index (κ2) is 14.8. The molecule has 0 bridgehead atoms. The number of aliphatic hydroxyl groups excluding tert-OH is 1. The minimum atomic E-state index is -5.04. The summed E-state index contributed by atoms with van der Waals surface area (Å²) in [5, 5.41) is 26.6. The van der Waals surface area contributed by atoms with Gasteiger partial charge in [0.2, 0.25) is 0 Å². The van der Waals surface area contributed by atoms with Crippen LogP contribution >= 0.6 is 0 Å². The van der Waals surface area contributed by atoms with Crippen LogP contribution in [0.2, 0.25) is 0 Å². The van der Waals surface area contributed by atoms with Crippen LogP contribution in [0.1, 0.15) is 37.8 Å². The van der Waals surface area contributed by atoms with E-state index in [4.69, 9.17) is 9.47 Å². The third-order valence-corrected chi connectivity index (χ3v) is 6.64. The Morgan fingerprint density at radius 2 is 1.80 bits per heavy atom. The van der Waals surface area contributed by atoms with Gasteiger partial charge in [-0.2, -0.15) is 13.2 Å². The minimum absolute atomic E-state index is 0.0863. The zero-order chi connectivity index (χ0) is 32.6. The molecule has 0 saturated carbocycles. The van der Waals surface area contributed by atoms with Crippen molar-refractivity contribution in [3.05, 3.63) is 92.3 Å². The molecule has 3 N–H and O–H groups in total. The van der Waals surface area contributed by atoms with Gasteiger partial charge < -0.3 is 30.0 Å². The number of carbonyl (C=O) groups excluding carboxylic acids is 2. The Kier molecular flexibility index (Phi) is 11.5. The average molecular weight is 622 g/mol. The quantitative estimate of drug-likeness (QED) is 0.170. The monoisotopic (exact) mass is 621 g/mol. The number of halogens is 3. The molecule has 2 aromatic carbocycles. The number of esters is 2. The number of dihydropyridines is 1. The average Bonchev–Trinajstić information content (AvgIpc) is 2.98. The number of nitro benzene ring substituents is 1. The van der Waals surface area contributed by atoms with E-state index < -0.39 is 52.0 Å². The summed E-state index contributed by atoms with van der Waals surface area (Å²) in [5.74, 6) is -3.54. The Labute approximate surface area is 251 Å².